The Morgan fingerprint density at radius 2 is 1.76 bits per heavy atom. The van der Waals surface area contributed by atoms with Crippen molar-refractivity contribution in [3.63, 3.8) is 0 Å². The Labute approximate surface area is 129 Å². The van der Waals surface area contributed by atoms with E-state index >= 15 is 0 Å². The topological polar surface area (TPSA) is 32.5 Å². The fourth-order valence-electron chi connectivity index (χ4n) is 2.85. The lowest BCUT2D eigenvalue weighted by Gasteiger charge is -2.36. The predicted octanol–water partition coefficient (Wildman–Crippen LogP) is 1.80. The summed E-state index contributed by atoms with van der Waals surface area (Å²) in [5, 5.41) is 0. The summed E-state index contributed by atoms with van der Waals surface area (Å²) in [5.41, 5.74) is 9.28. The minimum absolute atomic E-state index is 0.887. The van der Waals surface area contributed by atoms with Crippen LogP contribution < -0.4 is 10.6 Å². The first kappa shape index (κ1) is 16.1. The molecule has 4 nitrogen and oxygen atoms in total. The van der Waals surface area contributed by atoms with Crippen LogP contribution in [0.1, 0.15) is 12.0 Å². The van der Waals surface area contributed by atoms with E-state index in [0.717, 1.165) is 23.3 Å². The third-order valence-corrected chi connectivity index (χ3v) is 4.29. The van der Waals surface area contributed by atoms with Gasteiger partial charge in [0.15, 0.2) is 0 Å². The van der Waals surface area contributed by atoms with Crippen molar-refractivity contribution in [1.29, 1.82) is 0 Å². The number of anilines is 2. The number of hydrogen-bond donors (Lipinski definition) is 1. The second-order valence-electron chi connectivity index (χ2n) is 7.24. The molecule has 0 amide bonds. The van der Waals surface area contributed by atoms with Crippen LogP contribution in [0.15, 0.2) is 18.2 Å². The standard InChI is InChI=1S/C17H31N4/c1-15-14-16(6-7-17(15)18)20-11-9-19(10-12-20)8-5-13-21(2,3)4/h6-7,14H,5,8-13,18H2,1-4H3/q+1. The van der Waals surface area contributed by atoms with Gasteiger partial charge in [-0.2, -0.15) is 0 Å². The van der Waals surface area contributed by atoms with Gasteiger partial charge in [-0.3, -0.25) is 4.90 Å². The molecule has 1 heterocycles. The van der Waals surface area contributed by atoms with Crippen molar-refractivity contribution in [3.05, 3.63) is 23.8 Å². The molecule has 0 unspecified atom stereocenters. The molecular weight excluding hydrogens is 260 g/mol. The van der Waals surface area contributed by atoms with Crippen LogP contribution in [0.5, 0.6) is 0 Å². The van der Waals surface area contributed by atoms with Crippen molar-refractivity contribution in [2.24, 2.45) is 0 Å². The number of piperazine rings is 1. The van der Waals surface area contributed by atoms with Crippen molar-refractivity contribution in [2.45, 2.75) is 13.3 Å². The van der Waals surface area contributed by atoms with Gasteiger partial charge in [0.25, 0.3) is 0 Å². The predicted molar refractivity (Wildman–Crippen MR) is 91.8 cm³/mol. The van der Waals surface area contributed by atoms with Gasteiger partial charge in [0.1, 0.15) is 0 Å². The largest absolute Gasteiger partial charge is 0.399 e. The maximum Gasteiger partial charge on any atom is 0.0792 e. The highest BCUT2D eigenvalue weighted by Gasteiger charge is 2.18. The average molecular weight is 291 g/mol. The van der Waals surface area contributed by atoms with Crippen molar-refractivity contribution in [2.75, 3.05) is 71.0 Å². The van der Waals surface area contributed by atoms with Crippen LogP contribution in [0.3, 0.4) is 0 Å². The van der Waals surface area contributed by atoms with E-state index in [1.165, 1.54) is 43.9 Å². The highest BCUT2D eigenvalue weighted by molar-refractivity contribution is 5.58. The molecule has 0 saturated carbocycles. The molecule has 1 saturated heterocycles. The number of benzene rings is 1. The van der Waals surface area contributed by atoms with Gasteiger partial charge in [0.05, 0.1) is 27.7 Å². The molecular formula is C17H31N4+. The monoisotopic (exact) mass is 291 g/mol. The van der Waals surface area contributed by atoms with Crippen molar-refractivity contribution in [3.8, 4) is 0 Å². The molecule has 0 aliphatic carbocycles. The second-order valence-corrected chi connectivity index (χ2v) is 7.24. The molecule has 4 heteroatoms. The number of hydrogen-bond acceptors (Lipinski definition) is 3. The zero-order valence-corrected chi connectivity index (χ0v) is 14.1. The number of aryl methyl sites for hydroxylation is 1. The fourth-order valence-corrected chi connectivity index (χ4v) is 2.85. The molecule has 2 N–H and O–H groups in total. The van der Waals surface area contributed by atoms with Crippen LogP contribution in [-0.4, -0.2) is 69.8 Å². The Bertz CT molecular complexity index is 456. The number of nitrogens with zero attached hydrogens (tertiary/aromatic N) is 3. The highest BCUT2D eigenvalue weighted by atomic mass is 15.3. The molecule has 0 radical (unpaired) electrons. The summed E-state index contributed by atoms with van der Waals surface area (Å²) in [6.07, 6.45) is 1.28. The van der Waals surface area contributed by atoms with Crippen LogP contribution in [0, 0.1) is 6.92 Å². The Balaban J connectivity index is 1.79. The van der Waals surface area contributed by atoms with Gasteiger partial charge in [-0.25, -0.2) is 0 Å². The lowest BCUT2D eigenvalue weighted by molar-refractivity contribution is -0.870. The summed E-state index contributed by atoms with van der Waals surface area (Å²) in [6, 6.07) is 6.38. The first-order valence-electron chi connectivity index (χ1n) is 7.99. The summed E-state index contributed by atoms with van der Waals surface area (Å²) in [6.45, 7) is 9.13. The molecule has 21 heavy (non-hydrogen) atoms. The third kappa shape index (κ3) is 4.90. The van der Waals surface area contributed by atoms with Crippen molar-refractivity contribution >= 4 is 11.4 Å². The van der Waals surface area contributed by atoms with E-state index in [9.17, 15) is 0 Å². The van der Waals surface area contributed by atoms with Crippen LogP contribution in [0.4, 0.5) is 11.4 Å². The molecule has 1 aromatic carbocycles. The number of quaternary nitrogens is 1. The lowest BCUT2D eigenvalue weighted by Crippen LogP contribution is -2.47. The average Bonchev–Trinajstić information content (AvgIpc) is 2.41. The summed E-state index contributed by atoms with van der Waals surface area (Å²) >= 11 is 0. The van der Waals surface area contributed by atoms with Crippen LogP contribution in [0.25, 0.3) is 0 Å². The molecule has 0 bridgehead atoms. The van der Waals surface area contributed by atoms with E-state index in [1.807, 2.05) is 6.07 Å². The first-order chi connectivity index (χ1) is 9.85. The Kier molecular flexibility index (Phi) is 5.12. The van der Waals surface area contributed by atoms with E-state index < -0.39 is 0 Å². The van der Waals surface area contributed by atoms with Gasteiger partial charge in [0.2, 0.25) is 0 Å². The minimum atomic E-state index is 0.887. The van der Waals surface area contributed by atoms with Gasteiger partial charge in [-0.05, 0) is 30.7 Å². The lowest BCUT2D eigenvalue weighted by atomic mass is 10.1. The Morgan fingerprint density at radius 1 is 1.10 bits per heavy atom. The van der Waals surface area contributed by atoms with Gasteiger partial charge in [-0.1, -0.05) is 0 Å². The molecule has 1 aromatic rings. The maximum absolute atomic E-state index is 5.90. The summed E-state index contributed by atoms with van der Waals surface area (Å²) in [7, 11) is 6.80. The SMILES string of the molecule is Cc1cc(N2CCN(CCC[N+](C)(C)C)CC2)ccc1N. The molecule has 1 aliphatic heterocycles. The van der Waals surface area contributed by atoms with Crippen LogP contribution in [0.2, 0.25) is 0 Å². The Morgan fingerprint density at radius 3 is 2.33 bits per heavy atom. The van der Waals surface area contributed by atoms with E-state index in [1.54, 1.807) is 0 Å². The molecule has 1 aliphatic rings. The number of nitrogens with two attached hydrogens (primary N) is 1. The third-order valence-electron chi connectivity index (χ3n) is 4.29. The van der Waals surface area contributed by atoms with E-state index in [0.29, 0.717) is 0 Å². The van der Waals surface area contributed by atoms with Crippen molar-refractivity contribution in [1.82, 2.24) is 4.90 Å². The minimum Gasteiger partial charge on any atom is -0.399 e. The smallest absolute Gasteiger partial charge is 0.0792 e. The summed E-state index contributed by atoms with van der Waals surface area (Å²) < 4.78 is 1.06. The quantitative estimate of drug-likeness (QED) is 0.663. The van der Waals surface area contributed by atoms with Crippen LogP contribution >= 0.6 is 0 Å². The zero-order chi connectivity index (χ0) is 15.5. The summed E-state index contributed by atoms with van der Waals surface area (Å²) in [4.78, 5) is 5.07. The maximum atomic E-state index is 5.90. The molecule has 1 fully saturated rings. The second kappa shape index (κ2) is 6.67. The van der Waals surface area contributed by atoms with E-state index in [2.05, 4.69) is 50.0 Å². The van der Waals surface area contributed by atoms with Gasteiger partial charge >= 0.3 is 0 Å². The molecule has 0 atom stereocenters. The summed E-state index contributed by atoms with van der Waals surface area (Å²) in [5.74, 6) is 0. The highest BCUT2D eigenvalue weighted by Crippen LogP contribution is 2.21. The zero-order valence-electron chi connectivity index (χ0n) is 14.1. The van der Waals surface area contributed by atoms with E-state index in [-0.39, 0.29) is 0 Å². The molecule has 0 spiro atoms. The van der Waals surface area contributed by atoms with Gasteiger partial charge < -0.3 is 15.1 Å². The molecule has 118 valence electrons. The van der Waals surface area contributed by atoms with E-state index in [4.69, 9.17) is 5.73 Å². The van der Waals surface area contributed by atoms with Crippen LogP contribution in [-0.2, 0) is 0 Å². The molecule has 2 rings (SSSR count). The van der Waals surface area contributed by atoms with Gasteiger partial charge in [-0.15, -0.1) is 0 Å². The van der Waals surface area contributed by atoms with Crippen molar-refractivity contribution < 1.29 is 4.48 Å². The number of nitrogen functional groups attached to an aromatic ring is 1. The Hall–Kier alpha value is -1.26. The van der Waals surface area contributed by atoms with Gasteiger partial charge in [0, 0.05) is 50.5 Å². The number of rotatable bonds is 5. The first-order valence-corrected chi connectivity index (χ1v) is 7.99. The fraction of sp³-hybridized carbons (Fsp3) is 0.647. The normalized spacial score (nSPS) is 17.2. The molecule has 0 aromatic heterocycles.